The molecule has 0 fully saturated rings. The van der Waals surface area contributed by atoms with Gasteiger partial charge in [0, 0.05) is 32.1 Å². The van der Waals surface area contributed by atoms with E-state index in [1.165, 1.54) is 12.5 Å². The van der Waals surface area contributed by atoms with Crippen molar-refractivity contribution in [3.63, 3.8) is 0 Å². The Morgan fingerprint density at radius 3 is 2.30 bits per heavy atom. The first-order valence-corrected chi connectivity index (χ1v) is 9.14. The third-order valence-electron chi connectivity index (χ3n) is 4.67. The van der Waals surface area contributed by atoms with Crippen molar-refractivity contribution in [2.45, 2.75) is 33.6 Å². The number of methoxy groups -OCH3 is 1. The molecule has 2 aromatic rings. The minimum atomic E-state index is -0.0889. The van der Waals surface area contributed by atoms with Crippen LogP contribution in [0.1, 0.15) is 30.0 Å². The van der Waals surface area contributed by atoms with Crippen molar-refractivity contribution in [3.05, 3.63) is 59.2 Å². The van der Waals surface area contributed by atoms with Crippen molar-refractivity contribution in [1.29, 1.82) is 0 Å². The van der Waals surface area contributed by atoms with Crippen LogP contribution in [0.3, 0.4) is 0 Å². The van der Waals surface area contributed by atoms with Gasteiger partial charge in [-0.1, -0.05) is 18.2 Å². The van der Waals surface area contributed by atoms with E-state index < -0.39 is 0 Å². The van der Waals surface area contributed by atoms with Crippen molar-refractivity contribution >= 4 is 17.5 Å². The van der Waals surface area contributed by atoms with E-state index in [1.807, 2.05) is 56.3 Å². The number of hydrogen-bond donors (Lipinski definition) is 1. The Morgan fingerprint density at radius 1 is 1.00 bits per heavy atom. The van der Waals surface area contributed by atoms with Crippen molar-refractivity contribution in [3.8, 4) is 5.75 Å². The monoisotopic (exact) mass is 368 g/mol. The molecule has 0 aromatic heterocycles. The number of benzene rings is 2. The second-order valence-corrected chi connectivity index (χ2v) is 6.70. The van der Waals surface area contributed by atoms with Gasteiger partial charge in [0.25, 0.3) is 0 Å². The third-order valence-corrected chi connectivity index (χ3v) is 4.67. The summed E-state index contributed by atoms with van der Waals surface area (Å²) in [6.07, 6.45) is 1.01. The average Bonchev–Trinajstić information content (AvgIpc) is 2.65. The van der Waals surface area contributed by atoms with Crippen LogP contribution < -0.4 is 10.1 Å². The Kier molecular flexibility index (Phi) is 7.41. The molecule has 0 bridgehead atoms. The highest BCUT2D eigenvalue weighted by Crippen LogP contribution is 2.15. The molecule has 0 aliphatic rings. The molecule has 0 aliphatic heterocycles. The van der Waals surface area contributed by atoms with Crippen molar-refractivity contribution in [2.75, 3.05) is 25.5 Å². The highest BCUT2D eigenvalue weighted by molar-refractivity contribution is 5.91. The second kappa shape index (κ2) is 9.76. The molecule has 1 N–H and O–H groups in total. The number of hydrogen-bond acceptors (Lipinski definition) is 3. The summed E-state index contributed by atoms with van der Waals surface area (Å²) in [6, 6.07) is 13.6. The van der Waals surface area contributed by atoms with Gasteiger partial charge in [0.1, 0.15) is 5.75 Å². The summed E-state index contributed by atoms with van der Waals surface area (Å²) < 4.78 is 5.15. The molecule has 144 valence electrons. The summed E-state index contributed by atoms with van der Waals surface area (Å²) in [5, 5.41) is 2.90. The fraction of sp³-hybridized carbons (Fsp3) is 0.364. The zero-order chi connectivity index (χ0) is 19.8. The Hall–Kier alpha value is -2.82. The summed E-state index contributed by atoms with van der Waals surface area (Å²) in [6.45, 7) is 6.58. The van der Waals surface area contributed by atoms with Crippen LogP contribution in [-0.4, -0.2) is 36.9 Å². The van der Waals surface area contributed by atoms with Gasteiger partial charge in [0.05, 0.1) is 7.11 Å². The van der Waals surface area contributed by atoms with E-state index in [4.69, 9.17) is 4.74 Å². The number of carbonyl (C=O) groups is 2. The Morgan fingerprint density at radius 2 is 1.70 bits per heavy atom. The molecule has 5 nitrogen and oxygen atoms in total. The molecule has 5 heteroatoms. The first-order valence-electron chi connectivity index (χ1n) is 9.14. The molecule has 0 spiro atoms. The largest absolute Gasteiger partial charge is 0.497 e. The lowest BCUT2D eigenvalue weighted by atomic mass is 10.1. The molecule has 0 atom stereocenters. The summed E-state index contributed by atoms with van der Waals surface area (Å²) in [7, 11) is 1.63. The van der Waals surface area contributed by atoms with E-state index in [-0.39, 0.29) is 18.2 Å². The molecule has 0 saturated heterocycles. The van der Waals surface area contributed by atoms with E-state index in [1.54, 1.807) is 12.0 Å². The van der Waals surface area contributed by atoms with Crippen LogP contribution >= 0.6 is 0 Å². The first-order chi connectivity index (χ1) is 12.9. The van der Waals surface area contributed by atoms with Gasteiger partial charge in [-0.2, -0.15) is 0 Å². The van der Waals surface area contributed by atoms with Crippen LogP contribution in [-0.2, 0) is 16.0 Å². The normalized spacial score (nSPS) is 10.4. The minimum absolute atomic E-state index is 0.0255. The number of nitrogens with one attached hydrogen (secondary N) is 1. The van der Waals surface area contributed by atoms with E-state index in [2.05, 4.69) is 5.32 Å². The predicted octanol–water partition coefficient (Wildman–Crippen LogP) is 3.73. The first kappa shape index (κ1) is 20.5. The highest BCUT2D eigenvalue weighted by Gasteiger charge is 2.12. The zero-order valence-electron chi connectivity index (χ0n) is 16.5. The average molecular weight is 368 g/mol. The summed E-state index contributed by atoms with van der Waals surface area (Å²) >= 11 is 0. The van der Waals surface area contributed by atoms with E-state index in [9.17, 15) is 9.59 Å². The van der Waals surface area contributed by atoms with Crippen LogP contribution in [0.5, 0.6) is 5.75 Å². The number of nitrogens with zero attached hydrogens (tertiary/aromatic N) is 1. The highest BCUT2D eigenvalue weighted by atomic mass is 16.5. The van der Waals surface area contributed by atoms with Crippen LogP contribution in [0.2, 0.25) is 0 Å². The minimum Gasteiger partial charge on any atom is -0.497 e. The van der Waals surface area contributed by atoms with E-state index in [0.29, 0.717) is 13.1 Å². The van der Waals surface area contributed by atoms with Crippen LogP contribution in [0.25, 0.3) is 0 Å². The number of ether oxygens (including phenoxy) is 1. The SMILES string of the molecule is COc1ccc(CCN(CCC(=O)Nc2ccc(C)c(C)c2)C(C)=O)cc1. The number of carbonyl (C=O) groups excluding carboxylic acids is 2. The fourth-order valence-electron chi connectivity index (χ4n) is 2.76. The molecule has 0 unspecified atom stereocenters. The van der Waals surface area contributed by atoms with Gasteiger partial charge in [-0.05, 0) is 61.2 Å². The molecule has 0 aliphatic carbocycles. The molecule has 27 heavy (non-hydrogen) atoms. The van der Waals surface area contributed by atoms with Gasteiger partial charge in [0.15, 0.2) is 0 Å². The number of rotatable bonds is 8. The maximum absolute atomic E-state index is 12.2. The lowest BCUT2D eigenvalue weighted by Gasteiger charge is -2.21. The third kappa shape index (κ3) is 6.44. The molecule has 2 rings (SSSR count). The lowest BCUT2D eigenvalue weighted by Crippen LogP contribution is -2.33. The zero-order valence-corrected chi connectivity index (χ0v) is 16.5. The van der Waals surface area contributed by atoms with Gasteiger partial charge in [-0.25, -0.2) is 0 Å². The van der Waals surface area contributed by atoms with E-state index in [0.717, 1.165) is 29.0 Å². The molecule has 2 amide bonds. The van der Waals surface area contributed by atoms with Gasteiger partial charge < -0.3 is 15.0 Å². The van der Waals surface area contributed by atoms with Gasteiger partial charge in [-0.15, -0.1) is 0 Å². The Bertz CT molecular complexity index is 785. The van der Waals surface area contributed by atoms with Crippen molar-refractivity contribution < 1.29 is 14.3 Å². The topological polar surface area (TPSA) is 58.6 Å². The Labute approximate surface area is 161 Å². The number of amides is 2. The Balaban J connectivity index is 1.84. The predicted molar refractivity (Wildman–Crippen MR) is 108 cm³/mol. The summed E-state index contributed by atoms with van der Waals surface area (Å²) in [5.74, 6) is 0.696. The fourth-order valence-corrected chi connectivity index (χ4v) is 2.76. The molecule has 0 saturated carbocycles. The van der Waals surface area contributed by atoms with E-state index >= 15 is 0 Å². The molecule has 0 heterocycles. The smallest absolute Gasteiger partial charge is 0.226 e. The van der Waals surface area contributed by atoms with Crippen molar-refractivity contribution in [1.82, 2.24) is 4.90 Å². The quantitative estimate of drug-likeness (QED) is 0.772. The summed E-state index contributed by atoms with van der Waals surface area (Å²) in [4.78, 5) is 25.8. The van der Waals surface area contributed by atoms with Crippen LogP contribution in [0.15, 0.2) is 42.5 Å². The lowest BCUT2D eigenvalue weighted by molar-refractivity contribution is -0.129. The summed E-state index contributed by atoms with van der Waals surface area (Å²) in [5.41, 5.74) is 4.24. The number of aryl methyl sites for hydroxylation is 2. The maximum Gasteiger partial charge on any atom is 0.226 e. The second-order valence-electron chi connectivity index (χ2n) is 6.70. The van der Waals surface area contributed by atoms with Crippen molar-refractivity contribution in [2.24, 2.45) is 0 Å². The van der Waals surface area contributed by atoms with Crippen LogP contribution in [0, 0.1) is 13.8 Å². The molecule has 0 radical (unpaired) electrons. The van der Waals surface area contributed by atoms with Gasteiger partial charge in [-0.3, -0.25) is 9.59 Å². The molecular weight excluding hydrogens is 340 g/mol. The van der Waals surface area contributed by atoms with Crippen LogP contribution in [0.4, 0.5) is 5.69 Å². The standard InChI is InChI=1S/C22H28N2O3/c1-16-5-8-20(15-17(16)2)23-22(26)12-14-24(18(3)25)13-11-19-6-9-21(27-4)10-7-19/h5-10,15H,11-14H2,1-4H3,(H,23,26). The number of anilines is 1. The van der Waals surface area contributed by atoms with Gasteiger partial charge >= 0.3 is 0 Å². The molecule has 2 aromatic carbocycles. The maximum atomic E-state index is 12.2. The van der Waals surface area contributed by atoms with Gasteiger partial charge in [0.2, 0.25) is 11.8 Å². The molecular formula is C22H28N2O3.